The van der Waals surface area contributed by atoms with Gasteiger partial charge in [0.1, 0.15) is 10.7 Å². The number of aromatic nitrogens is 3. The zero-order valence-electron chi connectivity index (χ0n) is 15.7. The van der Waals surface area contributed by atoms with E-state index in [-0.39, 0.29) is 23.8 Å². The van der Waals surface area contributed by atoms with Crippen molar-refractivity contribution in [3.63, 3.8) is 0 Å². The van der Waals surface area contributed by atoms with Crippen LogP contribution in [0.15, 0.2) is 24.3 Å². The Balaban J connectivity index is 1.71. The highest BCUT2D eigenvalue weighted by atomic mass is 35.5. The molecule has 0 spiro atoms. The maximum Gasteiger partial charge on any atom is 0.309 e. The van der Waals surface area contributed by atoms with Crippen molar-refractivity contribution < 1.29 is 19.5 Å². The third-order valence-electron chi connectivity index (χ3n) is 5.32. The van der Waals surface area contributed by atoms with Crippen molar-refractivity contribution in [3.05, 3.63) is 45.6 Å². The monoisotopic (exact) mass is 421 g/mol. The fraction of sp³-hybridized carbons (Fsp3) is 0.421. The predicted molar refractivity (Wildman–Crippen MR) is 106 cm³/mol. The molecule has 0 aliphatic carbocycles. The second-order valence-electron chi connectivity index (χ2n) is 7.09. The Morgan fingerprint density at radius 1 is 1.43 bits per heavy atom. The average Bonchev–Trinajstić information content (AvgIpc) is 3.19. The fourth-order valence-corrected chi connectivity index (χ4v) is 5.36. The summed E-state index contributed by atoms with van der Waals surface area (Å²) in [6.45, 7) is 3.39. The van der Waals surface area contributed by atoms with E-state index in [1.165, 1.54) is 27.9 Å². The molecular formula is C19H22ClN4O3S+. The van der Waals surface area contributed by atoms with Crippen LogP contribution in [0.2, 0.25) is 5.02 Å². The van der Waals surface area contributed by atoms with Gasteiger partial charge in [-0.2, -0.15) is 4.52 Å². The van der Waals surface area contributed by atoms with Crippen LogP contribution >= 0.6 is 22.9 Å². The summed E-state index contributed by atoms with van der Waals surface area (Å²) in [5, 5.41) is 15.8. The number of esters is 1. The highest BCUT2D eigenvalue weighted by molar-refractivity contribution is 7.17. The molecule has 3 aromatic rings. The average molecular weight is 422 g/mol. The molecule has 0 unspecified atom stereocenters. The van der Waals surface area contributed by atoms with Crippen LogP contribution in [0.25, 0.3) is 4.96 Å². The third-order valence-corrected chi connectivity index (χ3v) is 6.64. The first-order chi connectivity index (χ1) is 13.5. The van der Waals surface area contributed by atoms with Gasteiger partial charge in [-0.1, -0.05) is 35.1 Å². The number of thiazole rings is 1. The standard InChI is InChI=1S/C19H21ClN4O3S/c1-11-21-19-24(22-11)17(25)16(28-19)15(13-4-3-5-14(20)10-13)23-8-6-12(7-9-23)18(26)27-2/h3-5,10,12,15,25H,6-9H2,1-2H3/p+1/t15-/m1/s1. The number of carbonyl (C=O) groups is 1. The summed E-state index contributed by atoms with van der Waals surface area (Å²) in [6, 6.07) is 7.62. The summed E-state index contributed by atoms with van der Waals surface area (Å²) < 4.78 is 6.40. The first-order valence-corrected chi connectivity index (χ1v) is 10.4. The maximum absolute atomic E-state index is 11.9. The maximum atomic E-state index is 11.9. The van der Waals surface area contributed by atoms with Gasteiger partial charge in [0.25, 0.3) is 0 Å². The highest BCUT2D eigenvalue weighted by Gasteiger charge is 2.37. The van der Waals surface area contributed by atoms with Crippen molar-refractivity contribution in [1.82, 2.24) is 14.6 Å². The lowest BCUT2D eigenvalue weighted by Gasteiger charge is -2.33. The Hall–Kier alpha value is -2.16. The number of nitrogens with one attached hydrogen (secondary N) is 1. The van der Waals surface area contributed by atoms with Gasteiger partial charge in [-0.05, 0) is 19.1 Å². The largest absolute Gasteiger partial charge is 0.492 e. The van der Waals surface area contributed by atoms with Gasteiger partial charge < -0.3 is 14.7 Å². The minimum atomic E-state index is -0.143. The lowest BCUT2D eigenvalue weighted by molar-refractivity contribution is -0.930. The zero-order valence-corrected chi connectivity index (χ0v) is 17.3. The number of carbonyl (C=O) groups excluding carboxylic acids is 1. The molecule has 7 nitrogen and oxygen atoms in total. The summed E-state index contributed by atoms with van der Waals surface area (Å²) in [6.07, 6.45) is 1.50. The molecule has 3 heterocycles. The number of benzene rings is 1. The lowest BCUT2D eigenvalue weighted by Crippen LogP contribution is -3.13. The van der Waals surface area contributed by atoms with E-state index >= 15 is 0 Å². The fourth-order valence-electron chi connectivity index (χ4n) is 3.97. The topological polar surface area (TPSA) is 81.2 Å². The normalized spacial score (nSPS) is 21.0. The lowest BCUT2D eigenvalue weighted by atomic mass is 9.94. The second-order valence-corrected chi connectivity index (χ2v) is 8.53. The van der Waals surface area contributed by atoms with Crippen LogP contribution in [0, 0.1) is 12.8 Å². The number of aromatic hydroxyl groups is 1. The molecule has 1 aromatic carbocycles. The molecule has 1 aliphatic rings. The molecule has 0 amide bonds. The smallest absolute Gasteiger partial charge is 0.309 e. The molecule has 1 atom stereocenters. The third kappa shape index (κ3) is 3.47. The van der Waals surface area contributed by atoms with Crippen molar-refractivity contribution in [2.45, 2.75) is 25.8 Å². The molecule has 0 radical (unpaired) electrons. The van der Waals surface area contributed by atoms with Crippen LogP contribution in [0.5, 0.6) is 5.88 Å². The molecule has 148 valence electrons. The summed E-state index contributed by atoms with van der Waals surface area (Å²) in [4.78, 5) is 19.0. The van der Waals surface area contributed by atoms with E-state index in [1.807, 2.05) is 24.3 Å². The number of nitrogens with zero attached hydrogens (tertiary/aromatic N) is 3. The minimum absolute atomic E-state index is 0.0627. The van der Waals surface area contributed by atoms with Gasteiger partial charge in [0.05, 0.1) is 26.1 Å². The Bertz CT molecular complexity index is 1010. The van der Waals surface area contributed by atoms with Crippen LogP contribution in [0.4, 0.5) is 0 Å². The van der Waals surface area contributed by atoms with Gasteiger partial charge in [0.15, 0.2) is 6.04 Å². The van der Waals surface area contributed by atoms with Crippen LogP contribution in [0.3, 0.4) is 0 Å². The SMILES string of the molecule is COC(=O)C1CC[NH+]([C@H](c2cccc(Cl)c2)c2sc3nc(C)nn3c2O)CC1. The van der Waals surface area contributed by atoms with E-state index in [1.54, 1.807) is 6.92 Å². The number of piperidine rings is 1. The molecule has 2 N–H and O–H groups in total. The van der Waals surface area contributed by atoms with Crippen molar-refractivity contribution in [2.75, 3.05) is 20.2 Å². The first-order valence-electron chi connectivity index (χ1n) is 9.21. The molecular weight excluding hydrogens is 400 g/mol. The predicted octanol–water partition coefficient (Wildman–Crippen LogP) is 2.02. The molecule has 0 saturated carbocycles. The van der Waals surface area contributed by atoms with Gasteiger partial charge in [-0.15, -0.1) is 5.10 Å². The second kappa shape index (κ2) is 7.69. The number of ether oxygens (including phenoxy) is 1. The number of aryl methyl sites for hydroxylation is 1. The summed E-state index contributed by atoms with van der Waals surface area (Å²) in [7, 11) is 1.44. The van der Waals surface area contributed by atoms with Crippen LogP contribution in [-0.4, -0.2) is 45.9 Å². The number of fused-ring (bicyclic) bond motifs is 1. The molecule has 9 heteroatoms. The van der Waals surface area contributed by atoms with Crippen LogP contribution in [0.1, 0.15) is 35.1 Å². The van der Waals surface area contributed by atoms with E-state index in [0.717, 1.165) is 36.4 Å². The van der Waals surface area contributed by atoms with E-state index in [0.29, 0.717) is 15.8 Å². The molecule has 2 aromatic heterocycles. The number of hydrogen-bond donors (Lipinski definition) is 2. The van der Waals surface area contributed by atoms with E-state index in [2.05, 4.69) is 10.1 Å². The van der Waals surface area contributed by atoms with Gasteiger partial charge in [0, 0.05) is 23.4 Å². The Morgan fingerprint density at radius 3 is 2.82 bits per heavy atom. The molecule has 4 rings (SSSR count). The van der Waals surface area contributed by atoms with Crippen molar-refractivity contribution in [2.24, 2.45) is 5.92 Å². The number of likely N-dealkylation sites (tertiary alicyclic amines) is 1. The summed E-state index contributed by atoms with van der Waals surface area (Å²) in [5.41, 5.74) is 1.02. The Morgan fingerprint density at radius 2 is 2.18 bits per heavy atom. The van der Waals surface area contributed by atoms with Gasteiger partial charge in [-0.25, -0.2) is 4.98 Å². The molecule has 1 aliphatic heterocycles. The van der Waals surface area contributed by atoms with Gasteiger partial charge in [-0.3, -0.25) is 4.79 Å². The van der Waals surface area contributed by atoms with E-state index < -0.39 is 0 Å². The van der Waals surface area contributed by atoms with Crippen molar-refractivity contribution in [1.29, 1.82) is 0 Å². The molecule has 28 heavy (non-hydrogen) atoms. The van der Waals surface area contributed by atoms with Gasteiger partial charge >= 0.3 is 5.97 Å². The molecule has 1 saturated heterocycles. The quantitative estimate of drug-likeness (QED) is 0.630. The number of rotatable bonds is 4. The first kappa shape index (κ1) is 19.2. The Labute approximate surface area is 171 Å². The molecule has 0 bridgehead atoms. The van der Waals surface area contributed by atoms with E-state index in [4.69, 9.17) is 16.3 Å². The summed E-state index contributed by atoms with van der Waals surface area (Å²) >= 11 is 7.70. The number of methoxy groups -OCH3 is 1. The summed E-state index contributed by atoms with van der Waals surface area (Å²) in [5.74, 6) is 0.537. The van der Waals surface area contributed by atoms with E-state index in [9.17, 15) is 9.90 Å². The van der Waals surface area contributed by atoms with Crippen molar-refractivity contribution in [3.8, 4) is 5.88 Å². The number of hydrogen-bond acceptors (Lipinski definition) is 6. The van der Waals surface area contributed by atoms with Crippen LogP contribution in [-0.2, 0) is 9.53 Å². The van der Waals surface area contributed by atoms with Crippen LogP contribution < -0.4 is 4.90 Å². The number of quaternary nitrogens is 1. The van der Waals surface area contributed by atoms with Crippen molar-refractivity contribution >= 4 is 33.9 Å². The Kier molecular flexibility index (Phi) is 5.27. The highest BCUT2D eigenvalue weighted by Crippen LogP contribution is 2.36. The zero-order chi connectivity index (χ0) is 19.8. The minimum Gasteiger partial charge on any atom is -0.492 e. The molecule has 1 fully saturated rings. The van der Waals surface area contributed by atoms with Gasteiger partial charge in [0.2, 0.25) is 10.8 Å². The number of halogens is 1.